The average molecular weight is 383 g/mol. The van der Waals surface area contributed by atoms with Gasteiger partial charge in [0.25, 0.3) is 0 Å². The lowest BCUT2D eigenvalue weighted by molar-refractivity contribution is -0.132. The van der Waals surface area contributed by atoms with E-state index in [0.717, 1.165) is 37.1 Å². The van der Waals surface area contributed by atoms with Crippen LogP contribution in [0.3, 0.4) is 0 Å². The van der Waals surface area contributed by atoms with Crippen molar-refractivity contribution in [3.63, 3.8) is 0 Å². The molecule has 1 saturated heterocycles. The summed E-state index contributed by atoms with van der Waals surface area (Å²) < 4.78 is 33.1. The van der Waals surface area contributed by atoms with Gasteiger partial charge in [-0.3, -0.25) is 4.79 Å². The molecule has 1 aliphatic heterocycles. The molecule has 2 rings (SSSR count). The van der Waals surface area contributed by atoms with Crippen molar-refractivity contribution in [3.8, 4) is 5.75 Å². The summed E-state index contributed by atoms with van der Waals surface area (Å²) in [5.41, 5.74) is 0.917. The molecule has 7 heteroatoms. The number of carbonyl (C=O) groups is 1. The van der Waals surface area contributed by atoms with Crippen LogP contribution < -0.4 is 9.46 Å². The monoisotopic (exact) mass is 382 g/mol. The highest BCUT2D eigenvalue weighted by Crippen LogP contribution is 2.23. The first-order valence-corrected chi connectivity index (χ1v) is 10.9. The van der Waals surface area contributed by atoms with E-state index in [1.165, 1.54) is 0 Å². The third-order valence-corrected chi connectivity index (χ3v) is 6.42. The maximum absolute atomic E-state index is 12.6. The number of amides is 1. The molecule has 146 valence electrons. The second kappa shape index (κ2) is 9.37. The van der Waals surface area contributed by atoms with Crippen LogP contribution >= 0.6 is 0 Å². The summed E-state index contributed by atoms with van der Waals surface area (Å²) in [6.07, 6.45) is 4.06. The molecule has 1 heterocycles. The van der Waals surface area contributed by atoms with Crippen LogP contribution in [0.5, 0.6) is 5.75 Å². The highest BCUT2D eigenvalue weighted by Gasteiger charge is 2.27. The molecule has 0 unspecified atom stereocenters. The highest BCUT2D eigenvalue weighted by molar-refractivity contribution is 7.89. The fourth-order valence-corrected chi connectivity index (χ4v) is 4.94. The van der Waals surface area contributed by atoms with Crippen LogP contribution in [0.25, 0.3) is 0 Å². The number of carbonyl (C=O) groups excluding carboxylic acids is 1. The number of nitrogens with zero attached hydrogens (tertiary/aromatic N) is 1. The summed E-state index contributed by atoms with van der Waals surface area (Å²) in [7, 11) is -1.82. The van der Waals surface area contributed by atoms with Crippen LogP contribution in [0.4, 0.5) is 0 Å². The van der Waals surface area contributed by atoms with Crippen LogP contribution in [0.1, 0.15) is 57.6 Å². The van der Waals surface area contributed by atoms with E-state index in [0.29, 0.717) is 12.8 Å². The first kappa shape index (κ1) is 20.7. The number of sulfonamides is 1. The first-order valence-electron chi connectivity index (χ1n) is 9.27. The van der Waals surface area contributed by atoms with Crippen molar-refractivity contribution in [1.29, 1.82) is 0 Å². The SMILES string of the molecule is CC[C@@H](NS(=O)(=O)CC[C@@H]1CCCCN1C(C)=O)c1ccc(OC)cc1. The van der Waals surface area contributed by atoms with Gasteiger partial charge in [-0.2, -0.15) is 0 Å². The van der Waals surface area contributed by atoms with E-state index in [-0.39, 0.29) is 23.7 Å². The Labute approximate surface area is 157 Å². The lowest BCUT2D eigenvalue weighted by Gasteiger charge is -2.35. The minimum atomic E-state index is -3.42. The Kier molecular flexibility index (Phi) is 7.46. The first-order chi connectivity index (χ1) is 12.4. The molecule has 0 aliphatic carbocycles. The van der Waals surface area contributed by atoms with Gasteiger partial charge in [-0.25, -0.2) is 13.1 Å². The van der Waals surface area contributed by atoms with E-state index in [1.54, 1.807) is 14.0 Å². The number of benzene rings is 1. The van der Waals surface area contributed by atoms with E-state index in [9.17, 15) is 13.2 Å². The van der Waals surface area contributed by atoms with Gasteiger partial charge in [-0.15, -0.1) is 0 Å². The van der Waals surface area contributed by atoms with Crippen LogP contribution in [-0.4, -0.2) is 44.7 Å². The summed E-state index contributed by atoms with van der Waals surface area (Å²) >= 11 is 0. The molecule has 1 aromatic rings. The zero-order valence-electron chi connectivity index (χ0n) is 15.9. The zero-order chi connectivity index (χ0) is 19.2. The minimum Gasteiger partial charge on any atom is -0.497 e. The number of piperidine rings is 1. The Hall–Kier alpha value is -1.60. The molecular weight excluding hydrogens is 352 g/mol. The minimum absolute atomic E-state index is 0.0267. The van der Waals surface area contributed by atoms with Gasteiger partial charge in [0.05, 0.1) is 12.9 Å². The molecule has 1 aliphatic rings. The average Bonchev–Trinajstić information content (AvgIpc) is 2.65. The van der Waals surface area contributed by atoms with Crippen molar-refractivity contribution in [2.45, 2.75) is 58.0 Å². The molecule has 0 saturated carbocycles. The zero-order valence-corrected chi connectivity index (χ0v) is 16.7. The van der Waals surface area contributed by atoms with Crippen molar-refractivity contribution in [1.82, 2.24) is 9.62 Å². The fourth-order valence-electron chi connectivity index (χ4n) is 3.51. The lowest BCUT2D eigenvalue weighted by Crippen LogP contribution is -2.44. The van der Waals surface area contributed by atoms with Crippen molar-refractivity contribution < 1.29 is 17.9 Å². The summed E-state index contributed by atoms with van der Waals surface area (Å²) in [6, 6.07) is 7.19. The van der Waals surface area contributed by atoms with Gasteiger partial charge in [-0.05, 0) is 49.8 Å². The number of hydrogen-bond acceptors (Lipinski definition) is 4. The van der Waals surface area contributed by atoms with Gasteiger partial charge in [0.1, 0.15) is 5.75 Å². The molecule has 2 atom stereocenters. The molecule has 1 amide bonds. The predicted molar refractivity (Wildman–Crippen MR) is 103 cm³/mol. The van der Waals surface area contributed by atoms with Gasteiger partial charge in [0.15, 0.2) is 0 Å². The third-order valence-electron chi connectivity index (χ3n) is 5.00. The van der Waals surface area contributed by atoms with E-state index < -0.39 is 10.0 Å². The standard InChI is InChI=1S/C19H30N2O4S/c1-4-19(16-8-10-18(25-3)11-9-16)20-26(23,24)14-12-17-7-5-6-13-21(17)15(2)22/h8-11,17,19-20H,4-7,12-14H2,1-3H3/t17-,19+/m0/s1. The van der Waals surface area contributed by atoms with E-state index >= 15 is 0 Å². The molecule has 26 heavy (non-hydrogen) atoms. The lowest BCUT2D eigenvalue weighted by atomic mass is 10.00. The number of hydrogen-bond donors (Lipinski definition) is 1. The Morgan fingerprint density at radius 1 is 1.31 bits per heavy atom. The molecule has 1 fully saturated rings. The fraction of sp³-hybridized carbons (Fsp3) is 0.632. The molecule has 1 N–H and O–H groups in total. The van der Waals surface area contributed by atoms with Crippen molar-refractivity contribution >= 4 is 15.9 Å². The van der Waals surface area contributed by atoms with E-state index in [2.05, 4.69) is 4.72 Å². The van der Waals surface area contributed by atoms with Gasteiger partial charge in [-0.1, -0.05) is 19.1 Å². The van der Waals surface area contributed by atoms with Crippen LogP contribution in [0.15, 0.2) is 24.3 Å². The maximum atomic E-state index is 12.6. The molecule has 6 nitrogen and oxygen atoms in total. The van der Waals surface area contributed by atoms with Crippen molar-refractivity contribution in [2.75, 3.05) is 19.4 Å². The smallest absolute Gasteiger partial charge is 0.219 e. The van der Waals surface area contributed by atoms with E-state index in [1.807, 2.05) is 36.1 Å². The number of ether oxygens (including phenoxy) is 1. The Balaban J connectivity index is 1.98. The number of nitrogens with one attached hydrogen (secondary N) is 1. The summed E-state index contributed by atoms with van der Waals surface area (Å²) in [5.74, 6) is 0.812. The molecule has 0 radical (unpaired) electrons. The van der Waals surface area contributed by atoms with Gasteiger partial charge < -0.3 is 9.64 Å². The van der Waals surface area contributed by atoms with Crippen LogP contribution in [0, 0.1) is 0 Å². The second-order valence-corrected chi connectivity index (χ2v) is 8.69. The Morgan fingerprint density at radius 3 is 2.58 bits per heavy atom. The largest absolute Gasteiger partial charge is 0.497 e. The predicted octanol–water partition coefficient (Wildman–Crippen LogP) is 2.86. The highest BCUT2D eigenvalue weighted by atomic mass is 32.2. The van der Waals surface area contributed by atoms with Gasteiger partial charge >= 0.3 is 0 Å². The Morgan fingerprint density at radius 2 is 2.00 bits per heavy atom. The number of methoxy groups -OCH3 is 1. The molecular formula is C19H30N2O4S. The topological polar surface area (TPSA) is 75.7 Å². The molecule has 1 aromatic carbocycles. The second-order valence-electron chi connectivity index (χ2n) is 6.82. The summed E-state index contributed by atoms with van der Waals surface area (Å²) in [5, 5.41) is 0. The van der Waals surface area contributed by atoms with Crippen LogP contribution in [-0.2, 0) is 14.8 Å². The normalized spacial score (nSPS) is 19.2. The van der Waals surface area contributed by atoms with Crippen molar-refractivity contribution in [2.24, 2.45) is 0 Å². The van der Waals surface area contributed by atoms with Crippen molar-refractivity contribution in [3.05, 3.63) is 29.8 Å². The number of rotatable bonds is 8. The Bertz CT molecular complexity index is 688. The van der Waals surface area contributed by atoms with E-state index in [4.69, 9.17) is 4.74 Å². The maximum Gasteiger partial charge on any atom is 0.219 e. The number of likely N-dealkylation sites (tertiary alicyclic amines) is 1. The molecule has 0 aromatic heterocycles. The molecule has 0 bridgehead atoms. The summed E-state index contributed by atoms with van der Waals surface area (Å²) in [6.45, 7) is 4.24. The third kappa shape index (κ3) is 5.71. The van der Waals surface area contributed by atoms with Gasteiger partial charge in [0.2, 0.25) is 15.9 Å². The van der Waals surface area contributed by atoms with Gasteiger partial charge in [0, 0.05) is 25.6 Å². The van der Waals surface area contributed by atoms with Crippen LogP contribution in [0.2, 0.25) is 0 Å². The quantitative estimate of drug-likeness (QED) is 0.750. The molecule has 0 spiro atoms. The summed E-state index contributed by atoms with van der Waals surface area (Å²) in [4.78, 5) is 13.6.